The number of amides is 2. The molecule has 6 nitrogen and oxygen atoms in total. The average Bonchev–Trinajstić information content (AvgIpc) is 2.50. The first-order valence-electron chi connectivity index (χ1n) is 7.40. The number of carbonyl (C=O) groups excluding carboxylic acids is 2. The maximum Gasteiger partial charge on any atom is 0.270 e. The Morgan fingerprint density at radius 3 is 2.38 bits per heavy atom. The zero-order chi connectivity index (χ0) is 15.1. The van der Waals surface area contributed by atoms with E-state index < -0.39 is 0 Å². The molecule has 2 amide bonds. The lowest BCUT2D eigenvalue weighted by atomic mass is 9.91. The number of nitrogens with two attached hydrogens (primary N) is 1. The van der Waals surface area contributed by atoms with Gasteiger partial charge in [-0.2, -0.15) is 0 Å². The molecular weight excluding hydrogens is 268 g/mol. The molecule has 0 saturated heterocycles. The van der Waals surface area contributed by atoms with Crippen molar-refractivity contribution in [3.8, 4) is 0 Å². The van der Waals surface area contributed by atoms with Crippen LogP contribution in [0.25, 0.3) is 0 Å². The molecule has 0 unspecified atom stereocenters. The highest BCUT2D eigenvalue weighted by Gasteiger charge is 2.23. The van der Waals surface area contributed by atoms with Crippen molar-refractivity contribution in [3.05, 3.63) is 30.1 Å². The standard InChI is InChI=1S/C15H22N4O2/c16-9-8-14(20)18-11-4-6-12(7-5-11)19-15(21)13-3-1-2-10-17-13/h1-3,10-12H,4-9,16H2,(H,18,20)(H,19,21). The maximum absolute atomic E-state index is 12.0. The van der Waals surface area contributed by atoms with Gasteiger partial charge in [0.2, 0.25) is 5.91 Å². The third-order valence-corrected chi connectivity index (χ3v) is 3.70. The lowest BCUT2D eigenvalue weighted by Crippen LogP contribution is -2.44. The van der Waals surface area contributed by atoms with Crippen LogP contribution >= 0.6 is 0 Å². The molecule has 21 heavy (non-hydrogen) atoms. The molecule has 4 N–H and O–H groups in total. The van der Waals surface area contributed by atoms with Crippen molar-refractivity contribution >= 4 is 11.8 Å². The molecule has 1 aromatic heterocycles. The second-order valence-electron chi connectivity index (χ2n) is 5.34. The minimum Gasteiger partial charge on any atom is -0.353 e. The van der Waals surface area contributed by atoms with Gasteiger partial charge in [-0.05, 0) is 37.8 Å². The average molecular weight is 290 g/mol. The van der Waals surface area contributed by atoms with Gasteiger partial charge in [0.25, 0.3) is 5.91 Å². The Bertz CT molecular complexity index is 470. The topological polar surface area (TPSA) is 97.1 Å². The highest BCUT2D eigenvalue weighted by atomic mass is 16.2. The van der Waals surface area contributed by atoms with E-state index in [-0.39, 0.29) is 23.9 Å². The van der Waals surface area contributed by atoms with Crippen molar-refractivity contribution in [2.45, 2.75) is 44.2 Å². The molecule has 1 fully saturated rings. The zero-order valence-electron chi connectivity index (χ0n) is 12.0. The Morgan fingerprint density at radius 2 is 1.81 bits per heavy atom. The Labute approximate surface area is 124 Å². The predicted molar refractivity (Wildman–Crippen MR) is 79.6 cm³/mol. The van der Waals surface area contributed by atoms with Crippen molar-refractivity contribution in [2.75, 3.05) is 6.54 Å². The molecule has 0 aromatic carbocycles. The largest absolute Gasteiger partial charge is 0.353 e. The van der Waals surface area contributed by atoms with E-state index in [4.69, 9.17) is 5.73 Å². The number of aromatic nitrogens is 1. The summed E-state index contributed by atoms with van der Waals surface area (Å²) in [6.45, 7) is 0.376. The van der Waals surface area contributed by atoms with E-state index in [1.165, 1.54) is 0 Å². The van der Waals surface area contributed by atoms with Crippen LogP contribution in [0.2, 0.25) is 0 Å². The van der Waals surface area contributed by atoms with Crippen LogP contribution in [-0.2, 0) is 4.79 Å². The van der Waals surface area contributed by atoms with Crippen LogP contribution < -0.4 is 16.4 Å². The van der Waals surface area contributed by atoms with Crippen LogP contribution in [0.3, 0.4) is 0 Å². The van der Waals surface area contributed by atoms with E-state index >= 15 is 0 Å². The number of carbonyl (C=O) groups is 2. The molecule has 6 heteroatoms. The number of rotatable bonds is 5. The Hall–Kier alpha value is -1.95. The fourth-order valence-corrected chi connectivity index (χ4v) is 2.57. The molecule has 0 bridgehead atoms. The van der Waals surface area contributed by atoms with Gasteiger partial charge in [-0.1, -0.05) is 6.07 Å². The Morgan fingerprint density at radius 1 is 1.14 bits per heavy atom. The fraction of sp³-hybridized carbons (Fsp3) is 0.533. The Balaban J connectivity index is 1.74. The minimum absolute atomic E-state index is 0.0125. The molecule has 1 aromatic rings. The molecule has 1 aliphatic rings. The monoisotopic (exact) mass is 290 g/mol. The van der Waals surface area contributed by atoms with Crippen LogP contribution in [0.5, 0.6) is 0 Å². The van der Waals surface area contributed by atoms with Gasteiger partial charge in [-0.25, -0.2) is 0 Å². The van der Waals surface area contributed by atoms with Crippen LogP contribution in [0, 0.1) is 0 Å². The lowest BCUT2D eigenvalue weighted by molar-refractivity contribution is -0.121. The number of pyridine rings is 1. The van der Waals surface area contributed by atoms with E-state index in [0.29, 0.717) is 18.7 Å². The number of nitrogens with one attached hydrogen (secondary N) is 2. The summed E-state index contributed by atoms with van der Waals surface area (Å²) in [6, 6.07) is 5.64. The van der Waals surface area contributed by atoms with Gasteiger partial charge in [0, 0.05) is 31.2 Å². The van der Waals surface area contributed by atoms with Crippen molar-refractivity contribution in [2.24, 2.45) is 5.73 Å². The Kier molecular flexibility index (Phi) is 5.68. The van der Waals surface area contributed by atoms with Gasteiger partial charge in [0.1, 0.15) is 5.69 Å². The third kappa shape index (κ3) is 4.82. The highest BCUT2D eigenvalue weighted by Crippen LogP contribution is 2.19. The predicted octanol–water partition coefficient (Wildman–Crippen LogP) is 0.588. The number of hydrogen-bond acceptors (Lipinski definition) is 4. The van der Waals surface area contributed by atoms with Crippen LogP contribution in [0.15, 0.2) is 24.4 Å². The van der Waals surface area contributed by atoms with Crippen LogP contribution in [0.4, 0.5) is 0 Å². The second kappa shape index (κ2) is 7.73. The van der Waals surface area contributed by atoms with Gasteiger partial charge in [-0.3, -0.25) is 14.6 Å². The summed E-state index contributed by atoms with van der Waals surface area (Å²) in [6.07, 6.45) is 5.47. The smallest absolute Gasteiger partial charge is 0.270 e. The molecule has 114 valence electrons. The molecule has 1 heterocycles. The molecule has 1 saturated carbocycles. The van der Waals surface area contributed by atoms with Crippen LogP contribution in [0.1, 0.15) is 42.6 Å². The van der Waals surface area contributed by atoms with Gasteiger partial charge < -0.3 is 16.4 Å². The lowest BCUT2D eigenvalue weighted by Gasteiger charge is -2.29. The van der Waals surface area contributed by atoms with E-state index in [1.54, 1.807) is 24.4 Å². The van der Waals surface area contributed by atoms with E-state index in [1.807, 2.05) is 0 Å². The maximum atomic E-state index is 12.0. The molecular formula is C15H22N4O2. The van der Waals surface area contributed by atoms with Gasteiger partial charge >= 0.3 is 0 Å². The summed E-state index contributed by atoms with van der Waals surface area (Å²) >= 11 is 0. The first-order chi connectivity index (χ1) is 10.2. The summed E-state index contributed by atoms with van der Waals surface area (Å²) in [5.74, 6) is -0.121. The summed E-state index contributed by atoms with van der Waals surface area (Å²) in [5.41, 5.74) is 5.79. The van der Waals surface area contributed by atoms with E-state index in [0.717, 1.165) is 25.7 Å². The highest BCUT2D eigenvalue weighted by molar-refractivity contribution is 5.92. The molecule has 1 aliphatic carbocycles. The second-order valence-corrected chi connectivity index (χ2v) is 5.34. The summed E-state index contributed by atoms with van der Waals surface area (Å²) in [5, 5.41) is 5.98. The normalized spacial score (nSPS) is 21.6. The van der Waals surface area contributed by atoms with Crippen molar-refractivity contribution in [1.29, 1.82) is 0 Å². The number of hydrogen-bond donors (Lipinski definition) is 3. The molecule has 0 spiro atoms. The van der Waals surface area contributed by atoms with E-state index in [2.05, 4.69) is 15.6 Å². The molecule has 2 rings (SSSR count). The van der Waals surface area contributed by atoms with Crippen molar-refractivity contribution in [1.82, 2.24) is 15.6 Å². The summed E-state index contributed by atoms with van der Waals surface area (Å²) in [7, 11) is 0. The molecule has 0 radical (unpaired) electrons. The quantitative estimate of drug-likeness (QED) is 0.739. The number of nitrogens with zero attached hydrogens (tertiary/aromatic N) is 1. The minimum atomic E-state index is -0.133. The first-order valence-corrected chi connectivity index (χ1v) is 7.40. The molecule has 0 atom stereocenters. The van der Waals surface area contributed by atoms with Crippen molar-refractivity contribution < 1.29 is 9.59 Å². The van der Waals surface area contributed by atoms with Gasteiger partial charge in [0.15, 0.2) is 0 Å². The van der Waals surface area contributed by atoms with Crippen LogP contribution in [-0.4, -0.2) is 35.4 Å². The summed E-state index contributed by atoms with van der Waals surface area (Å²) in [4.78, 5) is 27.5. The summed E-state index contributed by atoms with van der Waals surface area (Å²) < 4.78 is 0. The first kappa shape index (κ1) is 15.4. The van der Waals surface area contributed by atoms with Crippen molar-refractivity contribution in [3.63, 3.8) is 0 Å². The van der Waals surface area contributed by atoms with E-state index in [9.17, 15) is 9.59 Å². The van der Waals surface area contributed by atoms with Gasteiger partial charge in [-0.15, -0.1) is 0 Å². The SMILES string of the molecule is NCCC(=O)NC1CCC(NC(=O)c2ccccn2)CC1. The zero-order valence-corrected chi connectivity index (χ0v) is 12.0. The fourth-order valence-electron chi connectivity index (χ4n) is 2.57. The third-order valence-electron chi connectivity index (χ3n) is 3.70. The molecule has 0 aliphatic heterocycles. The van der Waals surface area contributed by atoms with Gasteiger partial charge in [0.05, 0.1) is 0 Å².